The Morgan fingerprint density at radius 3 is 1.92 bits per heavy atom. The number of carbonyl (C=O) groups excluding carboxylic acids is 1. The Morgan fingerprint density at radius 2 is 1.54 bits per heavy atom. The summed E-state index contributed by atoms with van der Waals surface area (Å²) in [5, 5.41) is 13.1. The first-order valence-corrected chi connectivity index (χ1v) is 3.12. The van der Waals surface area contributed by atoms with Crippen LogP contribution in [0.4, 0.5) is 4.79 Å². The third kappa shape index (κ3) is 6.50. The minimum Gasteiger partial charge on any atom is -0.384 e. The summed E-state index contributed by atoms with van der Waals surface area (Å²) in [6.07, 6.45) is -3.14. The van der Waals surface area contributed by atoms with Gasteiger partial charge in [-0.2, -0.15) is 0 Å². The van der Waals surface area contributed by atoms with Gasteiger partial charge in [0.15, 0.2) is 0 Å². The molecule has 72 valence electrons. The van der Waals surface area contributed by atoms with E-state index in [1.165, 1.54) is 0 Å². The van der Waals surface area contributed by atoms with E-state index in [9.17, 15) is 4.79 Å². The number of thiocarbonyl (C=S) groups is 1. The van der Waals surface area contributed by atoms with Gasteiger partial charge in [0.1, 0.15) is 0 Å². The molecule has 0 rings (SSSR count). The van der Waals surface area contributed by atoms with Gasteiger partial charge in [0.05, 0.1) is 0 Å². The molecule has 0 saturated heterocycles. The van der Waals surface area contributed by atoms with Crippen molar-refractivity contribution < 1.29 is 19.0 Å². The number of nitrogens with two attached hydrogens (primary N) is 2. The van der Waals surface area contributed by atoms with E-state index >= 15 is 0 Å². The first-order valence-electron chi connectivity index (χ1n) is 2.71. The van der Waals surface area contributed by atoms with Gasteiger partial charge in [0.25, 0.3) is 5.17 Å². The lowest BCUT2D eigenvalue weighted by molar-refractivity contribution is 0.188. The number of carbonyl (C=O) groups is 1. The maximum Gasteiger partial charge on any atom is 0.413 e. The van der Waals surface area contributed by atoms with Crippen LogP contribution in [-0.2, 0) is 14.2 Å². The van der Waals surface area contributed by atoms with E-state index in [2.05, 4.69) is 32.2 Å². The van der Waals surface area contributed by atoms with Gasteiger partial charge >= 0.3 is 18.3 Å². The van der Waals surface area contributed by atoms with E-state index in [0.717, 1.165) is 0 Å². The van der Waals surface area contributed by atoms with Crippen LogP contribution in [0.1, 0.15) is 0 Å². The molecule has 0 aromatic carbocycles. The number of ether oxygens (including phenoxy) is 3. The second-order valence-corrected chi connectivity index (χ2v) is 1.92. The molecule has 0 aromatic heterocycles. The van der Waals surface area contributed by atoms with Crippen LogP contribution in [0, 0.1) is 10.8 Å². The van der Waals surface area contributed by atoms with Gasteiger partial charge in [-0.05, 0) is 12.2 Å². The zero-order valence-corrected chi connectivity index (χ0v) is 7.01. The number of nitrogens with one attached hydrogen (secondary N) is 2. The fourth-order valence-corrected chi connectivity index (χ4v) is 0.384. The van der Waals surface area contributed by atoms with Crippen molar-refractivity contribution in [1.29, 1.82) is 10.8 Å². The Labute approximate surface area is 77.7 Å². The largest absolute Gasteiger partial charge is 0.413 e. The van der Waals surface area contributed by atoms with E-state index in [1.54, 1.807) is 0 Å². The average Bonchev–Trinajstić information content (AvgIpc) is 1.80. The third-order valence-corrected chi connectivity index (χ3v) is 0.655. The first kappa shape index (κ1) is 11.1. The molecule has 13 heavy (non-hydrogen) atoms. The van der Waals surface area contributed by atoms with E-state index in [4.69, 9.17) is 16.6 Å². The van der Waals surface area contributed by atoms with Crippen LogP contribution in [0.3, 0.4) is 0 Å². The van der Waals surface area contributed by atoms with Gasteiger partial charge < -0.3 is 25.7 Å². The number of primary amides is 1. The van der Waals surface area contributed by atoms with Crippen molar-refractivity contribution in [1.82, 2.24) is 0 Å². The molecule has 0 radical (unpaired) electrons. The molecule has 0 spiro atoms. The number of rotatable bonds is 0. The molecular formula is C4H6N4O4S. The fraction of sp³-hybridized carbons (Fsp3) is 0. The highest BCUT2D eigenvalue weighted by Gasteiger charge is 2.09. The summed E-state index contributed by atoms with van der Waals surface area (Å²) in [7, 11) is 0. The molecule has 9 heteroatoms. The molecule has 0 unspecified atom stereocenters. The van der Waals surface area contributed by atoms with Gasteiger partial charge in [-0.15, -0.1) is 0 Å². The monoisotopic (exact) mass is 206 g/mol. The summed E-state index contributed by atoms with van der Waals surface area (Å²) in [6.45, 7) is 0. The minimum atomic E-state index is -1.24. The van der Waals surface area contributed by atoms with Crippen molar-refractivity contribution in [3.05, 3.63) is 0 Å². The Balaban J connectivity index is 3.85. The van der Waals surface area contributed by atoms with Crippen LogP contribution >= 0.6 is 12.2 Å². The van der Waals surface area contributed by atoms with Crippen molar-refractivity contribution in [2.45, 2.75) is 0 Å². The Bertz CT molecular complexity index is 239. The lowest BCUT2D eigenvalue weighted by atomic mass is 11.1. The Morgan fingerprint density at radius 1 is 1.08 bits per heavy atom. The summed E-state index contributed by atoms with van der Waals surface area (Å²) < 4.78 is 12.2. The van der Waals surface area contributed by atoms with Gasteiger partial charge in [0, 0.05) is 0 Å². The molecule has 0 aliphatic rings. The molecule has 0 aromatic rings. The quantitative estimate of drug-likeness (QED) is 0.232. The van der Waals surface area contributed by atoms with Crippen LogP contribution in [-0.4, -0.2) is 23.4 Å². The smallest absolute Gasteiger partial charge is 0.384 e. The van der Waals surface area contributed by atoms with Gasteiger partial charge in [0.2, 0.25) is 0 Å². The zero-order chi connectivity index (χ0) is 10.4. The number of amides is 1. The lowest BCUT2D eigenvalue weighted by Crippen LogP contribution is -2.25. The zero-order valence-electron chi connectivity index (χ0n) is 6.20. The highest BCUT2D eigenvalue weighted by Crippen LogP contribution is 1.87. The second kappa shape index (κ2) is 4.87. The molecule has 1 amide bonds. The maximum absolute atomic E-state index is 10.0. The Kier molecular flexibility index (Phi) is 4.16. The molecule has 0 aliphatic heterocycles. The minimum absolute atomic E-state index is 0.461. The summed E-state index contributed by atoms with van der Waals surface area (Å²) >= 11 is 4.24. The summed E-state index contributed by atoms with van der Waals surface area (Å²) in [5.74, 6) is 0. The predicted molar refractivity (Wildman–Crippen MR) is 45.1 cm³/mol. The molecule has 0 fully saturated rings. The highest BCUT2D eigenvalue weighted by molar-refractivity contribution is 7.80. The lowest BCUT2D eigenvalue weighted by Gasteiger charge is -2.04. The normalized spacial score (nSPS) is 8.31. The van der Waals surface area contributed by atoms with E-state index in [-0.39, 0.29) is 0 Å². The Hall–Kier alpha value is -1.90. The van der Waals surface area contributed by atoms with E-state index in [1.807, 2.05) is 0 Å². The fourth-order valence-electron chi connectivity index (χ4n) is 0.309. The molecular weight excluding hydrogens is 200 g/mol. The van der Waals surface area contributed by atoms with Gasteiger partial charge in [-0.3, -0.25) is 0 Å². The molecule has 0 bridgehead atoms. The maximum atomic E-state index is 10.0. The second-order valence-electron chi connectivity index (χ2n) is 1.52. The van der Waals surface area contributed by atoms with Crippen molar-refractivity contribution in [3.8, 4) is 0 Å². The van der Waals surface area contributed by atoms with Gasteiger partial charge in [-0.25, -0.2) is 15.6 Å². The molecule has 0 saturated carbocycles. The molecule has 8 nitrogen and oxygen atoms in total. The first-order chi connectivity index (χ1) is 5.91. The summed E-state index contributed by atoms with van der Waals surface area (Å²) in [4.78, 5) is 10.0. The van der Waals surface area contributed by atoms with Crippen LogP contribution in [0.15, 0.2) is 0 Å². The average molecular weight is 206 g/mol. The van der Waals surface area contributed by atoms with Crippen LogP contribution in [0.25, 0.3) is 0 Å². The standard InChI is InChI=1S/C4H6N4O4S/c5-1(9)10-2(6)11-3(7)12-4(8)13/h6-7H,(H2,5,9)(H2,8,13). The highest BCUT2D eigenvalue weighted by atomic mass is 32.1. The summed E-state index contributed by atoms with van der Waals surface area (Å²) in [6, 6.07) is 0. The molecule has 0 aliphatic carbocycles. The third-order valence-electron chi connectivity index (χ3n) is 0.572. The number of hydrogen-bond acceptors (Lipinski definition) is 7. The predicted octanol–water partition coefficient (Wildman–Crippen LogP) is -0.772. The van der Waals surface area contributed by atoms with Crippen LogP contribution < -0.4 is 11.5 Å². The van der Waals surface area contributed by atoms with Crippen molar-refractivity contribution in [2.24, 2.45) is 11.5 Å². The molecule has 0 atom stereocenters. The topological polar surface area (TPSA) is 144 Å². The van der Waals surface area contributed by atoms with Gasteiger partial charge in [-0.1, -0.05) is 0 Å². The van der Waals surface area contributed by atoms with E-state index in [0.29, 0.717) is 0 Å². The number of hydrogen-bond donors (Lipinski definition) is 4. The molecule has 0 heterocycles. The molecule has 6 N–H and O–H groups in total. The van der Waals surface area contributed by atoms with Crippen LogP contribution in [0.2, 0.25) is 0 Å². The van der Waals surface area contributed by atoms with Crippen molar-refractivity contribution >= 4 is 35.7 Å². The van der Waals surface area contributed by atoms with Crippen molar-refractivity contribution in [3.63, 3.8) is 0 Å². The summed E-state index contributed by atoms with van der Waals surface area (Å²) in [5.41, 5.74) is 9.38. The van der Waals surface area contributed by atoms with Crippen molar-refractivity contribution in [2.75, 3.05) is 0 Å². The van der Waals surface area contributed by atoms with E-state index < -0.39 is 23.4 Å². The van der Waals surface area contributed by atoms with Crippen LogP contribution in [0.5, 0.6) is 0 Å². The SMILES string of the molecule is N=C(OC(=N)OC(N)=S)OC(N)=O.